The van der Waals surface area contributed by atoms with E-state index in [1.165, 1.54) is 0 Å². The van der Waals surface area contributed by atoms with Crippen LogP contribution in [0.25, 0.3) is 0 Å². The molecule has 2 aromatic rings. The number of ether oxygens (including phenoxy) is 2. The van der Waals surface area contributed by atoms with Crippen molar-refractivity contribution in [2.45, 2.75) is 72.8 Å². The normalized spacial score (nSPS) is 21.6. The number of hydrogen-bond acceptors (Lipinski definition) is 15. The molecule has 19 nitrogen and oxygen atoms in total. The molecule has 0 saturated carbocycles. The molecule has 340 valence electrons. The second-order valence-corrected chi connectivity index (χ2v) is 15.4. The van der Waals surface area contributed by atoms with Crippen LogP contribution in [0.4, 0.5) is 11.4 Å². The van der Waals surface area contributed by atoms with Crippen molar-refractivity contribution in [3.63, 3.8) is 0 Å². The van der Waals surface area contributed by atoms with Crippen LogP contribution in [0.1, 0.15) is 95.8 Å². The minimum atomic E-state index is -0.958. The molecule has 2 N–H and O–H groups in total. The number of anilines is 2. The molecule has 0 bridgehead atoms. The first kappa shape index (κ1) is 48.1. The van der Waals surface area contributed by atoms with Gasteiger partial charge >= 0.3 is 0 Å². The van der Waals surface area contributed by atoms with Crippen LogP contribution in [0.2, 0.25) is 0 Å². The zero-order valence-electron chi connectivity index (χ0n) is 34.3. The number of carbonyl (C=O) groups is 9. The maximum absolute atomic E-state index is 13.1. The molecule has 0 radical (unpaired) electrons. The number of rotatable bonds is 12. The average molecular weight is 875 g/mol. The zero-order valence-corrected chi connectivity index (χ0v) is 34.3. The van der Waals surface area contributed by atoms with Gasteiger partial charge in [-0.3, -0.25) is 68.6 Å². The Balaban J connectivity index is 0.000000233. The minimum Gasteiger partial charge on any atom is -0.369 e. The predicted molar refractivity (Wildman–Crippen MR) is 230 cm³/mol. The molecule has 0 spiro atoms. The third-order valence-electron chi connectivity index (χ3n) is 11.8. The molecule has 2 atom stereocenters. The number of carbonyl (C=O) groups excluding carboxylic acids is 9. The topological polar surface area (TPSA) is 216 Å². The minimum absolute atomic E-state index is 0. The van der Waals surface area contributed by atoms with Gasteiger partial charge in [0.05, 0.1) is 28.8 Å². The summed E-state index contributed by atoms with van der Waals surface area (Å²) in [6.07, 6.45) is 1.14. The van der Waals surface area contributed by atoms with Gasteiger partial charge in [-0.1, -0.05) is 14.9 Å². The van der Waals surface area contributed by atoms with Crippen molar-refractivity contribution in [1.82, 2.24) is 30.2 Å². The average Bonchev–Trinajstić information content (AvgIpc) is 3.64. The van der Waals surface area contributed by atoms with Crippen LogP contribution in [0.3, 0.4) is 0 Å². The van der Waals surface area contributed by atoms with E-state index in [0.29, 0.717) is 50.5 Å². The first-order valence-electron chi connectivity index (χ1n) is 20.7. The van der Waals surface area contributed by atoms with Crippen LogP contribution in [0, 0.1) is 0 Å². The summed E-state index contributed by atoms with van der Waals surface area (Å²) in [7, 11) is 0. The highest BCUT2D eigenvalue weighted by Crippen LogP contribution is 2.33. The van der Waals surface area contributed by atoms with Gasteiger partial charge in [-0.05, 0) is 63.1 Å². The van der Waals surface area contributed by atoms with E-state index in [0.717, 1.165) is 66.7 Å². The van der Waals surface area contributed by atoms with Crippen LogP contribution in [-0.4, -0.2) is 170 Å². The number of aldehydes is 1. The molecule has 0 aromatic heterocycles. The molecule has 63 heavy (non-hydrogen) atoms. The highest BCUT2D eigenvalue weighted by Gasteiger charge is 2.46. The van der Waals surface area contributed by atoms with Gasteiger partial charge in [-0.2, -0.15) is 0 Å². The van der Waals surface area contributed by atoms with Crippen LogP contribution < -0.4 is 20.4 Å². The van der Waals surface area contributed by atoms with E-state index in [9.17, 15) is 43.2 Å². The maximum Gasteiger partial charge on any atom is 0.262 e. The van der Waals surface area contributed by atoms with Gasteiger partial charge in [0, 0.05) is 96.3 Å². The molecule has 2 unspecified atom stereocenters. The van der Waals surface area contributed by atoms with E-state index in [4.69, 9.17) is 9.47 Å². The van der Waals surface area contributed by atoms with Crippen molar-refractivity contribution in [2.24, 2.45) is 0 Å². The van der Waals surface area contributed by atoms with Crippen molar-refractivity contribution in [1.29, 1.82) is 0 Å². The number of nitrogens with zero attached hydrogens (tertiary/aromatic N) is 6. The van der Waals surface area contributed by atoms with Gasteiger partial charge in [-0.25, -0.2) is 0 Å². The molecular formula is C44H58N8O11. The molecule has 6 heterocycles. The number of piperidine rings is 2. The van der Waals surface area contributed by atoms with Crippen LogP contribution in [-0.2, 0) is 33.4 Å². The number of fused-ring (bicyclic) bond motifs is 2. The largest absolute Gasteiger partial charge is 0.369 e. The summed E-state index contributed by atoms with van der Waals surface area (Å²) in [5.41, 5.74) is 2.85. The molecule has 4 saturated heterocycles. The molecule has 6 aliphatic rings. The lowest BCUT2D eigenvalue weighted by atomic mass is 10.0. The number of nitrogens with one attached hydrogen (secondary N) is 2. The smallest absolute Gasteiger partial charge is 0.262 e. The first-order chi connectivity index (χ1) is 29.4. The quantitative estimate of drug-likeness (QED) is 0.175. The number of piperazine rings is 2. The summed E-state index contributed by atoms with van der Waals surface area (Å²) >= 11 is 0. The van der Waals surface area contributed by atoms with E-state index in [-0.39, 0.29) is 63.9 Å². The SMILES string of the molecule is C.C.CCOC(CN1CCN(c2ccc3c(c2)C(=O)N(C2CCC(=O)NC2=O)C3=O)CC1)OCC.O=CCN1CCN(c2ccc3c(c2)C(=O)N(C2CCC(=O)NC2=O)C3=O)CC1. The molecular weight excluding hydrogens is 817 g/mol. The summed E-state index contributed by atoms with van der Waals surface area (Å²) in [6, 6.07) is 8.44. The highest BCUT2D eigenvalue weighted by molar-refractivity contribution is 6.24. The van der Waals surface area contributed by atoms with E-state index >= 15 is 0 Å². The van der Waals surface area contributed by atoms with E-state index in [1.54, 1.807) is 30.3 Å². The number of imide groups is 4. The fourth-order valence-electron chi connectivity index (χ4n) is 8.53. The Morgan fingerprint density at radius 3 is 1.37 bits per heavy atom. The lowest BCUT2D eigenvalue weighted by Gasteiger charge is -2.37. The fraction of sp³-hybridized carbons (Fsp3) is 0.523. The van der Waals surface area contributed by atoms with Crippen molar-refractivity contribution in [3.8, 4) is 0 Å². The monoisotopic (exact) mass is 874 g/mol. The summed E-state index contributed by atoms with van der Waals surface area (Å²) < 4.78 is 11.3. The summed E-state index contributed by atoms with van der Waals surface area (Å²) in [4.78, 5) is 120. The van der Waals surface area contributed by atoms with E-state index < -0.39 is 53.4 Å². The Labute approximate surface area is 366 Å². The van der Waals surface area contributed by atoms with E-state index in [2.05, 4.69) is 30.2 Å². The molecule has 4 fully saturated rings. The van der Waals surface area contributed by atoms with Crippen LogP contribution >= 0.6 is 0 Å². The van der Waals surface area contributed by atoms with Gasteiger partial charge in [0.15, 0.2) is 6.29 Å². The Kier molecular flexibility index (Phi) is 16.0. The summed E-state index contributed by atoms with van der Waals surface area (Å²) in [6.45, 7) is 12.3. The lowest BCUT2D eigenvalue weighted by molar-refractivity contribution is -0.147. The molecule has 6 aliphatic heterocycles. The number of hydrogen-bond donors (Lipinski definition) is 2. The molecule has 0 aliphatic carbocycles. The van der Waals surface area contributed by atoms with Gasteiger partial charge in [0.1, 0.15) is 18.4 Å². The van der Waals surface area contributed by atoms with Crippen molar-refractivity contribution in [2.75, 3.05) is 88.5 Å². The van der Waals surface area contributed by atoms with Gasteiger partial charge in [-0.15, -0.1) is 0 Å². The Bertz CT molecular complexity index is 2110. The Hall–Kier alpha value is -5.89. The molecule has 8 amide bonds. The van der Waals surface area contributed by atoms with Crippen molar-refractivity contribution in [3.05, 3.63) is 58.7 Å². The summed E-state index contributed by atoms with van der Waals surface area (Å²) in [5, 5.41) is 4.41. The highest BCUT2D eigenvalue weighted by atomic mass is 16.7. The fourth-order valence-corrected chi connectivity index (χ4v) is 8.53. The second kappa shape index (κ2) is 21.0. The van der Waals surface area contributed by atoms with Crippen molar-refractivity contribution < 1.29 is 52.6 Å². The molecule has 19 heteroatoms. The third-order valence-corrected chi connectivity index (χ3v) is 11.8. The second-order valence-electron chi connectivity index (χ2n) is 15.4. The number of benzene rings is 2. The first-order valence-corrected chi connectivity index (χ1v) is 20.7. The standard InChI is InChI=1S/C23H30N4O6.C19H20N4O5.2CH4/c1-3-32-20(33-4-2)14-25-9-11-26(12-10-25)15-5-6-16-17(13-15)23(31)27(22(16)30)18-7-8-19(28)24-21(18)29;24-10-9-21-5-7-22(8-6-21)12-1-2-13-14(11-12)19(28)23(18(13)27)15-3-4-16(25)20-17(15)26;;/h5-6,13,18,20H,3-4,7-12,14H2,1-2H3,(H,24,28,29);1-2,10-11,15H,3-9H2,(H,20,25,26);2*1H4. The Morgan fingerprint density at radius 2 is 0.984 bits per heavy atom. The van der Waals surface area contributed by atoms with Crippen LogP contribution in [0.5, 0.6) is 0 Å². The van der Waals surface area contributed by atoms with Gasteiger partial charge < -0.3 is 24.1 Å². The number of amides is 8. The predicted octanol–water partition coefficient (Wildman–Crippen LogP) is 1.29. The molecule has 2 aromatic carbocycles. The van der Waals surface area contributed by atoms with Crippen LogP contribution in [0.15, 0.2) is 36.4 Å². The van der Waals surface area contributed by atoms with E-state index in [1.807, 2.05) is 19.9 Å². The molecule has 8 rings (SSSR count). The van der Waals surface area contributed by atoms with Gasteiger partial charge in [0.25, 0.3) is 23.6 Å². The van der Waals surface area contributed by atoms with Gasteiger partial charge in [0.2, 0.25) is 23.6 Å². The lowest BCUT2D eigenvalue weighted by Crippen LogP contribution is -2.54. The zero-order chi connectivity index (χ0) is 43.4. The third kappa shape index (κ3) is 10.2. The Morgan fingerprint density at radius 1 is 0.587 bits per heavy atom. The van der Waals surface area contributed by atoms with Crippen molar-refractivity contribution >= 4 is 64.9 Å². The maximum atomic E-state index is 13.1. The summed E-state index contributed by atoms with van der Waals surface area (Å²) in [5.74, 6) is -3.98.